The summed E-state index contributed by atoms with van der Waals surface area (Å²) < 4.78 is 0. The maximum absolute atomic E-state index is 4.17. The summed E-state index contributed by atoms with van der Waals surface area (Å²) in [5.74, 6) is 83.1. The van der Waals surface area contributed by atoms with Crippen LogP contribution in [-0.4, -0.2) is 80.7 Å². The minimum Gasteiger partial charge on any atom is -0.124 e. The van der Waals surface area contributed by atoms with E-state index in [1.165, 1.54) is 0 Å². The van der Waals surface area contributed by atoms with Gasteiger partial charge in [-0.05, 0) is 237 Å². The zero-order valence-corrected chi connectivity index (χ0v) is 112. The molecule has 0 aliphatic carbocycles. The van der Waals surface area contributed by atoms with Crippen LogP contribution in [0.25, 0.3) is 0 Å². The molecule has 770 valence electrons. The van der Waals surface area contributed by atoms with E-state index in [2.05, 4.69) is 601 Å². The number of rotatable bonds is 30. The third-order valence-corrected chi connectivity index (χ3v) is 97.9. The minimum absolute atomic E-state index is 0.328. The van der Waals surface area contributed by atoms with Gasteiger partial charge < -0.3 is 0 Å². The van der Waals surface area contributed by atoms with Gasteiger partial charge in [-0.2, -0.15) is 0 Å². The molecule has 0 aliphatic rings. The van der Waals surface area contributed by atoms with Crippen LogP contribution in [0.2, 0.25) is 166 Å². The maximum atomic E-state index is 4.17. The van der Waals surface area contributed by atoms with Crippen LogP contribution in [0.15, 0.2) is 44.6 Å². The standard InChI is InChI=1S/C130H210Si10/c1-93(2)131(94(3)4,95(5)6)83-73-123(125(75-85-133(99(13)14,100(15)16)101(17)18)69-63-65-71-127(77-87-135(105(25)26,106(27)28)107(29)30)129(79-89-137(111(37)38,112(39)40)113(41)42)80-90-138(114(43)44,115(45)46)116(47)48)67-61-62-68-124(74-84-132(96(7)8,97(9)10)98(11)12)126(76-86-134(102(19)20,103(21)22)104(23)24)70-64-66-72-128(78-88-136(108(31)32,109(33)34)110(35)36)130(81-91-139(117(49)50,118(51)52)119(53)54)82-92-140(120(55)56,121(57)58)122(59)60/h93-122H,1-60H3/b125-123+,126-124+. The van der Waals surface area contributed by atoms with E-state index in [0.717, 1.165) is 11.1 Å². The first-order chi connectivity index (χ1) is 64.2. The second kappa shape index (κ2) is 58.0. The van der Waals surface area contributed by atoms with E-state index in [0.29, 0.717) is 200 Å². The molecule has 0 radical (unpaired) electrons. The first-order valence-corrected chi connectivity index (χ1v) is 77.9. The van der Waals surface area contributed by atoms with Gasteiger partial charge in [-0.1, -0.05) is 475 Å². The molecule has 10 heteroatoms. The molecule has 0 saturated heterocycles. The molecule has 0 fully saturated rings. The Balaban J connectivity index is 13.3. The molecule has 0 saturated carbocycles. The Morgan fingerprint density at radius 2 is 0.136 bits per heavy atom. The van der Waals surface area contributed by atoms with Crippen LogP contribution < -0.4 is 0 Å². The molecule has 140 heavy (non-hydrogen) atoms. The fourth-order valence-electron chi connectivity index (χ4n) is 27.9. The number of allylic oxidation sites excluding steroid dienone is 8. The monoisotopic (exact) mass is 2050 g/mol. The summed E-state index contributed by atoms with van der Waals surface area (Å²) in [6.45, 7) is 143. The van der Waals surface area contributed by atoms with E-state index in [9.17, 15) is 0 Å². The molecular formula is C130H210Si10. The van der Waals surface area contributed by atoms with Crippen molar-refractivity contribution in [3.05, 3.63) is 44.6 Å². The van der Waals surface area contributed by atoms with E-state index in [-0.39, 0.29) is 0 Å². The Labute approximate surface area is 885 Å². The Morgan fingerprint density at radius 1 is 0.0857 bits per heavy atom. The third-order valence-electron chi connectivity index (χ3n) is 35.0. The normalized spacial score (nSPS) is 13.0. The summed E-state index contributed by atoms with van der Waals surface area (Å²) in [5, 5.41) is 0. The Bertz CT molecular complexity index is 4730. The molecule has 0 spiro atoms. The van der Waals surface area contributed by atoms with Crippen molar-refractivity contribution in [1.82, 2.24) is 0 Å². The summed E-state index contributed by atoms with van der Waals surface area (Å²) in [7, 11) is -23.9. The molecule has 0 unspecified atom stereocenters. The van der Waals surface area contributed by atoms with Gasteiger partial charge in [-0.3, -0.25) is 0 Å². The first kappa shape index (κ1) is 134. The second-order valence-corrected chi connectivity index (χ2v) is 107. The topological polar surface area (TPSA) is 0 Å². The van der Waals surface area contributed by atoms with Gasteiger partial charge in [0.15, 0.2) is 0 Å². The Morgan fingerprint density at radius 3 is 0.186 bits per heavy atom. The molecule has 0 N–H and O–H groups in total. The van der Waals surface area contributed by atoms with E-state index < -0.39 is 80.7 Å². The zero-order chi connectivity index (χ0) is 110. The van der Waals surface area contributed by atoms with Crippen molar-refractivity contribution < 1.29 is 0 Å². The molecule has 0 amide bonds. The summed E-state index contributed by atoms with van der Waals surface area (Å²) in [5.41, 5.74) is 57.8. The fraction of sp³-hybridized carbons (Fsp3) is 0.692. The van der Waals surface area contributed by atoms with E-state index in [1.54, 1.807) is 0 Å². The molecule has 0 nitrogen and oxygen atoms in total. The quantitative estimate of drug-likeness (QED) is 0.0497. The largest absolute Gasteiger partial charge is 0.146 e. The second-order valence-electron chi connectivity index (χ2n) is 51.0. The number of hydrogen-bond donors (Lipinski definition) is 0. The molecule has 0 aromatic carbocycles. The molecule has 0 aromatic rings. The van der Waals surface area contributed by atoms with Gasteiger partial charge in [0.2, 0.25) is 0 Å². The highest BCUT2D eigenvalue weighted by molar-refractivity contribution is 6.95. The van der Waals surface area contributed by atoms with Crippen molar-refractivity contribution >= 4 is 80.7 Å². The molecule has 0 rings (SSSR count). The van der Waals surface area contributed by atoms with Gasteiger partial charge in [0.25, 0.3) is 0 Å². The van der Waals surface area contributed by atoms with Crippen LogP contribution >= 0.6 is 0 Å². The maximum Gasteiger partial charge on any atom is 0.146 e. The fourth-order valence-corrected chi connectivity index (χ4v) is 79.9. The third kappa shape index (κ3) is 30.9. The van der Waals surface area contributed by atoms with E-state index in [4.69, 9.17) is 0 Å². The van der Waals surface area contributed by atoms with E-state index >= 15 is 0 Å². The van der Waals surface area contributed by atoms with Crippen LogP contribution in [0, 0.1) is 186 Å². The lowest BCUT2D eigenvalue weighted by atomic mass is 10.1. The number of hydrogen-bond acceptors (Lipinski definition) is 0. The van der Waals surface area contributed by atoms with Gasteiger partial charge in [0, 0.05) is 0 Å². The highest BCUT2D eigenvalue weighted by Gasteiger charge is 2.51. The van der Waals surface area contributed by atoms with Gasteiger partial charge in [-0.25, -0.2) is 0 Å². The lowest BCUT2D eigenvalue weighted by molar-refractivity contribution is 0.838. The van der Waals surface area contributed by atoms with Crippen molar-refractivity contribution in [1.29, 1.82) is 0 Å². The Kier molecular flexibility index (Phi) is 55.6. The summed E-state index contributed by atoms with van der Waals surface area (Å²) in [6.07, 6.45) is 0. The molecule has 0 heterocycles. The van der Waals surface area contributed by atoms with Crippen LogP contribution in [0.4, 0.5) is 0 Å². The van der Waals surface area contributed by atoms with Crippen molar-refractivity contribution in [2.75, 3.05) is 0 Å². The summed E-state index contributed by atoms with van der Waals surface area (Å²) >= 11 is 0. The summed E-state index contributed by atoms with van der Waals surface area (Å²) in [6, 6.07) is 0. The summed E-state index contributed by atoms with van der Waals surface area (Å²) in [4.78, 5) is 0. The van der Waals surface area contributed by atoms with Gasteiger partial charge >= 0.3 is 0 Å². The smallest absolute Gasteiger partial charge is 0.124 e. The van der Waals surface area contributed by atoms with Gasteiger partial charge in [0.05, 0.1) is 44.6 Å². The zero-order valence-electron chi connectivity index (χ0n) is 102. The lowest BCUT2D eigenvalue weighted by Gasteiger charge is -2.38. The molecule has 0 atom stereocenters. The average Bonchev–Trinajstić information content (AvgIpc) is 0.786. The van der Waals surface area contributed by atoms with Gasteiger partial charge in [0.1, 0.15) is 80.7 Å². The SMILES string of the molecule is CC(C)[Si](C#CC(C#CC#C/C(C#C[Si](C(C)C)(C(C)C)C(C)C)=C(/C#CC#C/C(C#C[Si](C(C)C)(C(C)C)C(C)C)=C(/C#CC#CC(C#C[Si](C(C)C)(C(C)C)C(C)C)=C(C#C[Si](C(C)C)(C(C)C)C(C)C)C#C[Si](C(C)C)(C(C)C)C(C)C)C#C[Si](C(C)C)(C(C)C)C(C)C)C#C[Si](C(C)C)(C(C)C)C(C)C)=C(C#C[Si](C(C)C)(C(C)C)C(C)C)C#C[Si](C(C)C)(C(C)C)C(C)C)(C(C)C)C(C)C. The molecule has 0 aliphatic heterocycles. The predicted octanol–water partition coefficient (Wildman–Crippen LogP) is 38.4. The highest BCUT2D eigenvalue weighted by Crippen LogP contribution is 2.50. The van der Waals surface area contributed by atoms with Crippen LogP contribution in [0.1, 0.15) is 415 Å². The first-order valence-electron chi connectivity index (χ1n) is 55.6. The predicted molar refractivity (Wildman–Crippen MR) is 663 cm³/mol. The highest BCUT2D eigenvalue weighted by atomic mass is 28.3. The lowest BCUT2D eigenvalue weighted by Crippen LogP contribution is -2.43. The average molecular weight is 2050 g/mol. The van der Waals surface area contributed by atoms with Crippen molar-refractivity contribution in [2.24, 2.45) is 0 Å². The van der Waals surface area contributed by atoms with E-state index in [1.807, 2.05) is 0 Å². The minimum atomic E-state index is -2.48. The Hall–Kier alpha value is -5.91. The van der Waals surface area contributed by atoms with Gasteiger partial charge in [-0.15, -0.1) is 55.4 Å². The van der Waals surface area contributed by atoms with Crippen LogP contribution in [-0.2, 0) is 0 Å². The van der Waals surface area contributed by atoms with Crippen molar-refractivity contribution in [3.8, 4) is 186 Å². The van der Waals surface area contributed by atoms with Crippen LogP contribution in [0.5, 0.6) is 0 Å². The van der Waals surface area contributed by atoms with Crippen molar-refractivity contribution in [3.63, 3.8) is 0 Å². The van der Waals surface area contributed by atoms with Crippen molar-refractivity contribution in [2.45, 2.75) is 582 Å². The molecular weight excluding hydrogens is 1840 g/mol. The molecule has 0 bridgehead atoms. The molecule has 0 aromatic heterocycles. The van der Waals surface area contributed by atoms with Crippen LogP contribution in [0.3, 0.4) is 0 Å².